The number of halogens is 4. The van der Waals surface area contributed by atoms with E-state index in [4.69, 9.17) is 9.47 Å². The number of methoxy groups -OCH3 is 2. The molecule has 42 heavy (non-hydrogen) atoms. The lowest BCUT2D eigenvalue weighted by atomic mass is 9.77. The van der Waals surface area contributed by atoms with Crippen LogP contribution in [0.15, 0.2) is 30.3 Å². The number of hydrogen-bond donors (Lipinski definition) is 2. The van der Waals surface area contributed by atoms with E-state index in [1.54, 1.807) is 0 Å². The Bertz CT molecular complexity index is 1640. The zero-order valence-corrected chi connectivity index (χ0v) is 21.4. The molecular weight excluding hydrogens is 574 g/mol. The van der Waals surface area contributed by atoms with Crippen LogP contribution in [0.4, 0.5) is 17.6 Å². The summed E-state index contributed by atoms with van der Waals surface area (Å²) in [7, 11) is 2.10. The van der Waals surface area contributed by atoms with E-state index in [9.17, 15) is 38.2 Å². The first-order valence-corrected chi connectivity index (χ1v) is 11.8. The molecule has 0 atom stereocenters. The third-order valence-electron chi connectivity index (χ3n) is 6.76. The zero-order chi connectivity index (χ0) is 30.7. The largest absolute Gasteiger partial charge is 0.503 e. The molecule has 1 amide bonds. The summed E-state index contributed by atoms with van der Waals surface area (Å²) in [5.74, 6) is -15.4. The standard InChI is InChI=1S/C27H17F4NO10/c1-39-17(33)8-32(9-18(34)40-2)25(37)10-3-4-12-11(5-10)26(38)42-27(12)13-6-15(28)21(35)19(30)23(13)41-24-14(27)7-16(29)22(36)20(24)31/h3-7,35-36H,8-9H2,1-2H3. The molecule has 0 radical (unpaired) electrons. The SMILES string of the molecule is COC(=O)CN(CC(=O)OC)C(=O)c1ccc2c(c1)C(=O)OC21c2cc(F)c(O)c(F)c2Oc2c1cc(F)c(O)c2F. The summed E-state index contributed by atoms with van der Waals surface area (Å²) in [4.78, 5) is 50.9. The van der Waals surface area contributed by atoms with E-state index < -0.39 is 105 Å². The topological polar surface area (TPSA) is 149 Å². The van der Waals surface area contributed by atoms with Crippen LogP contribution in [0.5, 0.6) is 23.0 Å². The second-order valence-electron chi connectivity index (χ2n) is 9.04. The van der Waals surface area contributed by atoms with Crippen LogP contribution in [0, 0.1) is 23.3 Å². The maximum Gasteiger partial charge on any atom is 0.340 e. The Morgan fingerprint density at radius 3 is 1.81 bits per heavy atom. The Morgan fingerprint density at radius 2 is 1.33 bits per heavy atom. The van der Waals surface area contributed by atoms with Crippen molar-refractivity contribution in [1.82, 2.24) is 4.90 Å². The summed E-state index contributed by atoms with van der Waals surface area (Å²) < 4.78 is 79.1. The smallest absolute Gasteiger partial charge is 0.340 e. The van der Waals surface area contributed by atoms with Gasteiger partial charge < -0.3 is 34.1 Å². The minimum atomic E-state index is -2.49. The predicted molar refractivity (Wildman–Crippen MR) is 128 cm³/mol. The van der Waals surface area contributed by atoms with E-state index in [-0.39, 0.29) is 11.1 Å². The van der Waals surface area contributed by atoms with Gasteiger partial charge in [0.25, 0.3) is 5.91 Å². The monoisotopic (exact) mass is 591 g/mol. The average Bonchev–Trinajstić information content (AvgIpc) is 3.27. The van der Waals surface area contributed by atoms with Gasteiger partial charge in [-0.3, -0.25) is 14.4 Å². The highest BCUT2D eigenvalue weighted by Crippen LogP contribution is 2.59. The van der Waals surface area contributed by atoms with Gasteiger partial charge in [-0.05, 0) is 24.3 Å². The van der Waals surface area contributed by atoms with E-state index in [0.717, 1.165) is 37.3 Å². The van der Waals surface area contributed by atoms with Gasteiger partial charge in [-0.25, -0.2) is 13.6 Å². The van der Waals surface area contributed by atoms with Crippen molar-refractivity contribution in [3.8, 4) is 23.0 Å². The van der Waals surface area contributed by atoms with Gasteiger partial charge in [-0.15, -0.1) is 0 Å². The van der Waals surface area contributed by atoms with Gasteiger partial charge >= 0.3 is 17.9 Å². The number of rotatable bonds is 5. The number of aromatic hydroxyl groups is 2. The Labute approximate surface area is 232 Å². The number of hydrogen-bond acceptors (Lipinski definition) is 10. The molecular formula is C27H17F4NO10. The summed E-state index contributed by atoms with van der Waals surface area (Å²) >= 11 is 0. The Kier molecular flexibility index (Phi) is 6.67. The molecule has 2 aliphatic heterocycles. The van der Waals surface area contributed by atoms with Crippen molar-refractivity contribution in [1.29, 1.82) is 0 Å². The molecule has 0 aromatic heterocycles. The molecule has 0 aliphatic carbocycles. The van der Waals surface area contributed by atoms with Crippen LogP contribution in [-0.2, 0) is 29.4 Å². The summed E-state index contributed by atoms with van der Waals surface area (Å²) in [6, 6.07) is 4.24. The number of ether oxygens (including phenoxy) is 4. The molecule has 218 valence electrons. The van der Waals surface area contributed by atoms with Crippen molar-refractivity contribution in [3.05, 3.63) is 81.4 Å². The Balaban J connectivity index is 1.72. The number of phenols is 2. The van der Waals surface area contributed by atoms with Gasteiger partial charge in [0, 0.05) is 11.1 Å². The van der Waals surface area contributed by atoms with Gasteiger partial charge in [-0.2, -0.15) is 8.78 Å². The molecule has 3 aromatic carbocycles. The maximum absolute atomic E-state index is 15.0. The van der Waals surface area contributed by atoms with E-state index in [0.29, 0.717) is 12.1 Å². The Hall–Kier alpha value is -5.34. The van der Waals surface area contributed by atoms with Gasteiger partial charge in [-0.1, -0.05) is 6.07 Å². The van der Waals surface area contributed by atoms with Crippen LogP contribution in [-0.4, -0.2) is 66.2 Å². The van der Waals surface area contributed by atoms with Crippen LogP contribution in [0.1, 0.15) is 37.4 Å². The van der Waals surface area contributed by atoms with Crippen LogP contribution in [0.25, 0.3) is 0 Å². The first-order chi connectivity index (χ1) is 19.8. The number of amides is 1. The molecule has 1 spiro atoms. The predicted octanol–water partition coefficient (Wildman–Crippen LogP) is 3.01. The van der Waals surface area contributed by atoms with Gasteiger partial charge in [0.05, 0.1) is 30.9 Å². The van der Waals surface area contributed by atoms with Crippen molar-refractivity contribution >= 4 is 23.8 Å². The minimum absolute atomic E-state index is 0.253. The maximum atomic E-state index is 15.0. The summed E-state index contributed by atoms with van der Waals surface area (Å²) in [5, 5.41) is 19.6. The lowest BCUT2D eigenvalue weighted by molar-refractivity contribution is -0.144. The molecule has 0 bridgehead atoms. The van der Waals surface area contributed by atoms with E-state index in [1.165, 1.54) is 0 Å². The van der Waals surface area contributed by atoms with Crippen molar-refractivity contribution in [3.63, 3.8) is 0 Å². The number of benzene rings is 3. The number of carbonyl (C=O) groups excluding carboxylic acids is 4. The average molecular weight is 591 g/mol. The summed E-state index contributed by atoms with van der Waals surface area (Å²) in [5.41, 5.74) is -4.64. The van der Waals surface area contributed by atoms with Gasteiger partial charge in [0.1, 0.15) is 13.1 Å². The first kappa shape index (κ1) is 28.2. The van der Waals surface area contributed by atoms with Gasteiger partial charge in [0.15, 0.2) is 40.2 Å². The van der Waals surface area contributed by atoms with E-state index >= 15 is 8.78 Å². The first-order valence-electron chi connectivity index (χ1n) is 11.8. The lowest BCUT2D eigenvalue weighted by Gasteiger charge is -2.36. The fourth-order valence-corrected chi connectivity index (χ4v) is 4.78. The number of fused-ring (bicyclic) bond motifs is 6. The second kappa shape index (κ2) is 9.94. The fraction of sp³-hybridized carbons (Fsp3) is 0.185. The number of carbonyl (C=O) groups is 4. The van der Waals surface area contributed by atoms with Crippen LogP contribution in [0.3, 0.4) is 0 Å². The minimum Gasteiger partial charge on any atom is -0.503 e. The molecule has 5 rings (SSSR count). The lowest BCUT2D eigenvalue weighted by Crippen LogP contribution is -2.40. The summed E-state index contributed by atoms with van der Waals surface area (Å²) in [6.45, 7) is -1.36. The third-order valence-corrected chi connectivity index (χ3v) is 6.76. The van der Waals surface area contributed by atoms with Crippen molar-refractivity contribution < 1.29 is 65.9 Å². The van der Waals surface area contributed by atoms with E-state index in [2.05, 4.69) is 9.47 Å². The summed E-state index contributed by atoms with van der Waals surface area (Å²) in [6.07, 6.45) is 0. The van der Waals surface area contributed by atoms with Crippen molar-refractivity contribution in [2.24, 2.45) is 0 Å². The zero-order valence-electron chi connectivity index (χ0n) is 21.4. The molecule has 0 unspecified atom stereocenters. The molecule has 3 aromatic rings. The van der Waals surface area contributed by atoms with Gasteiger partial charge in [0.2, 0.25) is 11.6 Å². The van der Waals surface area contributed by atoms with Crippen molar-refractivity contribution in [2.75, 3.05) is 27.3 Å². The fourth-order valence-electron chi connectivity index (χ4n) is 4.78. The highest BCUT2D eigenvalue weighted by Gasteiger charge is 2.56. The molecule has 2 heterocycles. The highest BCUT2D eigenvalue weighted by molar-refractivity contribution is 6.03. The molecule has 0 saturated carbocycles. The van der Waals surface area contributed by atoms with Crippen molar-refractivity contribution in [2.45, 2.75) is 5.60 Å². The third kappa shape index (κ3) is 4.03. The number of phenolic OH excluding ortho intramolecular Hbond substituents is 2. The molecule has 15 heteroatoms. The van der Waals surface area contributed by atoms with Crippen LogP contribution < -0.4 is 4.74 Å². The molecule has 0 fully saturated rings. The van der Waals surface area contributed by atoms with Crippen LogP contribution >= 0.6 is 0 Å². The number of nitrogens with zero attached hydrogens (tertiary/aromatic N) is 1. The normalized spacial score (nSPS) is 13.8. The van der Waals surface area contributed by atoms with E-state index in [1.807, 2.05) is 0 Å². The quantitative estimate of drug-likeness (QED) is 0.258. The molecule has 2 N–H and O–H groups in total. The molecule has 0 saturated heterocycles. The highest BCUT2D eigenvalue weighted by atomic mass is 19.1. The molecule has 11 nitrogen and oxygen atoms in total. The second-order valence-corrected chi connectivity index (χ2v) is 9.04. The van der Waals surface area contributed by atoms with Crippen LogP contribution in [0.2, 0.25) is 0 Å². The molecule has 2 aliphatic rings. The number of esters is 3. The Morgan fingerprint density at radius 1 is 0.833 bits per heavy atom.